The van der Waals surface area contributed by atoms with Crippen LogP contribution in [0.2, 0.25) is 0 Å². The molecule has 0 spiro atoms. The Morgan fingerprint density at radius 1 is 1.10 bits per heavy atom. The number of aromatic nitrogens is 2. The molecule has 0 amide bonds. The summed E-state index contributed by atoms with van der Waals surface area (Å²) in [7, 11) is 0. The van der Waals surface area contributed by atoms with E-state index in [9.17, 15) is 0 Å². The van der Waals surface area contributed by atoms with Gasteiger partial charge in [-0.3, -0.25) is 0 Å². The minimum absolute atomic E-state index is 0.797. The first kappa shape index (κ1) is 14.6. The van der Waals surface area contributed by atoms with E-state index < -0.39 is 0 Å². The monoisotopic (exact) mass is 271 g/mol. The number of nitrogens with two attached hydrogens (primary N) is 1. The maximum Gasteiger partial charge on any atom is 0.131 e. The van der Waals surface area contributed by atoms with E-state index in [-0.39, 0.29) is 0 Å². The molecule has 0 saturated carbocycles. The van der Waals surface area contributed by atoms with Crippen LogP contribution in [0, 0.1) is 20.8 Å². The summed E-state index contributed by atoms with van der Waals surface area (Å²) in [5, 5.41) is 0. The number of hydrogen-bond donors (Lipinski definition) is 1. The van der Waals surface area contributed by atoms with Crippen LogP contribution < -0.4 is 5.73 Å². The number of rotatable bonds is 4. The SMILES string of the molecule is CCCc1nc(-c2c(C)cc(C)cc2C)c(N)n1CC. The van der Waals surface area contributed by atoms with Crippen molar-refractivity contribution in [2.75, 3.05) is 5.73 Å². The third-order valence-corrected chi connectivity index (χ3v) is 3.79. The molecular formula is C17H25N3. The van der Waals surface area contributed by atoms with Crippen molar-refractivity contribution in [3.63, 3.8) is 0 Å². The molecule has 0 radical (unpaired) electrons. The molecule has 0 fully saturated rings. The van der Waals surface area contributed by atoms with Gasteiger partial charge in [-0.1, -0.05) is 24.6 Å². The highest BCUT2D eigenvalue weighted by atomic mass is 15.1. The van der Waals surface area contributed by atoms with E-state index in [1.807, 2.05) is 0 Å². The highest BCUT2D eigenvalue weighted by molar-refractivity contribution is 5.76. The van der Waals surface area contributed by atoms with E-state index in [1.54, 1.807) is 0 Å². The molecule has 0 aliphatic heterocycles. The van der Waals surface area contributed by atoms with Crippen molar-refractivity contribution in [1.82, 2.24) is 9.55 Å². The van der Waals surface area contributed by atoms with Crippen LogP contribution in [0.3, 0.4) is 0 Å². The highest BCUT2D eigenvalue weighted by Crippen LogP contribution is 2.32. The first-order valence-electron chi connectivity index (χ1n) is 7.42. The Hall–Kier alpha value is -1.77. The van der Waals surface area contributed by atoms with Crippen LogP contribution in [0.25, 0.3) is 11.3 Å². The lowest BCUT2D eigenvalue weighted by atomic mass is 9.97. The molecule has 0 atom stereocenters. The van der Waals surface area contributed by atoms with E-state index in [4.69, 9.17) is 10.7 Å². The molecule has 20 heavy (non-hydrogen) atoms. The van der Waals surface area contributed by atoms with Gasteiger partial charge in [0, 0.05) is 18.5 Å². The number of nitrogen functional groups attached to an aromatic ring is 1. The van der Waals surface area contributed by atoms with Gasteiger partial charge in [-0.05, 0) is 45.2 Å². The fourth-order valence-electron chi connectivity index (χ4n) is 3.02. The van der Waals surface area contributed by atoms with E-state index in [1.165, 1.54) is 22.3 Å². The molecule has 2 aromatic rings. The minimum atomic E-state index is 0.797. The van der Waals surface area contributed by atoms with E-state index in [2.05, 4.69) is 51.3 Å². The van der Waals surface area contributed by atoms with Crippen LogP contribution in [0.5, 0.6) is 0 Å². The van der Waals surface area contributed by atoms with Crippen LogP contribution in [0.15, 0.2) is 12.1 Å². The van der Waals surface area contributed by atoms with Crippen molar-refractivity contribution in [2.45, 2.75) is 54.0 Å². The largest absolute Gasteiger partial charge is 0.383 e. The maximum atomic E-state index is 6.35. The number of nitrogens with zero attached hydrogens (tertiary/aromatic N) is 2. The minimum Gasteiger partial charge on any atom is -0.383 e. The second-order valence-electron chi connectivity index (χ2n) is 5.53. The number of imidazole rings is 1. The molecule has 3 nitrogen and oxygen atoms in total. The number of hydrogen-bond acceptors (Lipinski definition) is 2. The summed E-state index contributed by atoms with van der Waals surface area (Å²) in [5.41, 5.74) is 12.3. The van der Waals surface area contributed by atoms with Gasteiger partial charge in [0.05, 0.1) is 0 Å². The molecule has 1 aromatic carbocycles. The van der Waals surface area contributed by atoms with Gasteiger partial charge >= 0.3 is 0 Å². The number of benzene rings is 1. The maximum absolute atomic E-state index is 6.35. The zero-order valence-electron chi connectivity index (χ0n) is 13.2. The van der Waals surface area contributed by atoms with Crippen LogP contribution in [-0.4, -0.2) is 9.55 Å². The fourth-order valence-corrected chi connectivity index (χ4v) is 3.02. The first-order valence-corrected chi connectivity index (χ1v) is 7.42. The van der Waals surface area contributed by atoms with Crippen LogP contribution >= 0.6 is 0 Å². The summed E-state index contributed by atoms with van der Waals surface area (Å²) in [6.45, 7) is 11.6. The fraction of sp³-hybridized carbons (Fsp3) is 0.471. The third-order valence-electron chi connectivity index (χ3n) is 3.79. The average Bonchev–Trinajstić information content (AvgIpc) is 2.65. The van der Waals surface area contributed by atoms with Crippen molar-refractivity contribution in [3.8, 4) is 11.3 Å². The van der Waals surface area contributed by atoms with Gasteiger partial charge in [0.25, 0.3) is 0 Å². The second-order valence-corrected chi connectivity index (χ2v) is 5.53. The molecule has 3 heteroatoms. The molecule has 2 rings (SSSR count). The Labute approximate surface area is 121 Å². The second kappa shape index (κ2) is 5.70. The van der Waals surface area contributed by atoms with Gasteiger partial charge in [-0.2, -0.15) is 0 Å². The van der Waals surface area contributed by atoms with E-state index >= 15 is 0 Å². The first-order chi connectivity index (χ1) is 9.49. The summed E-state index contributed by atoms with van der Waals surface area (Å²) in [6.07, 6.45) is 2.06. The Bertz CT molecular complexity index is 600. The summed E-state index contributed by atoms with van der Waals surface area (Å²) in [4.78, 5) is 4.83. The lowest BCUT2D eigenvalue weighted by Gasteiger charge is -2.10. The Morgan fingerprint density at radius 3 is 2.20 bits per heavy atom. The topological polar surface area (TPSA) is 43.8 Å². The lowest BCUT2D eigenvalue weighted by molar-refractivity contribution is 0.690. The zero-order valence-corrected chi connectivity index (χ0v) is 13.2. The standard InChI is InChI=1S/C17H25N3/c1-6-8-14-19-16(17(18)20(14)7-2)15-12(4)9-11(3)10-13(15)5/h9-10H,6-8,18H2,1-5H3. The van der Waals surface area contributed by atoms with Crippen LogP contribution in [-0.2, 0) is 13.0 Å². The van der Waals surface area contributed by atoms with Crippen molar-refractivity contribution in [1.29, 1.82) is 0 Å². The molecule has 1 heterocycles. The van der Waals surface area contributed by atoms with Crippen molar-refractivity contribution >= 4 is 5.82 Å². The van der Waals surface area contributed by atoms with E-state index in [0.717, 1.165) is 36.7 Å². The van der Waals surface area contributed by atoms with Crippen molar-refractivity contribution in [2.24, 2.45) is 0 Å². The van der Waals surface area contributed by atoms with Gasteiger partial charge in [0.15, 0.2) is 0 Å². The average molecular weight is 271 g/mol. The van der Waals surface area contributed by atoms with Crippen molar-refractivity contribution < 1.29 is 0 Å². The molecule has 0 bridgehead atoms. The van der Waals surface area contributed by atoms with Gasteiger partial charge in [-0.25, -0.2) is 4.98 Å². The Kier molecular flexibility index (Phi) is 4.17. The third kappa shape index (κ3) is 2.45. The van der Waals surface area contributed by atoms with Gasteiger partial charge in [0.2, 0.25) is 0 Å². The quantitative estimate of drug-likeness (QED) is 0.912. The van der Waals surface area contributed by atoms with Gasteiger partial charge in [-0.15, -0.1) is 0 Å². The molecule has 0 aliphatic rings. The highest BCUT2D eigenvalue weighted by Gasteiger charge is 2.18. The normalized spacial score (nSPS) is 11.1. The van der Waals surface area contributed by atoms with Crippen LogP contribution in [0.4, 0.5) is 5.82 Å². The van der Waals surface area contributed by atoms with Gasteiger partial charge in [0.1, 0.15) is 17.3 Å². The predicted molar refractivity (Wildman–Crippen MR) is 86.0 cm³/mol. The summed E-state index contributed by atoms with van der Waals surface area (Å²) in [5.74, 6) is 1.90. The molecular weight excluding hydrogens is 246 g/mol. The Balaban J connectivity index is 2.64. The predicted octanol–water partition coefficient (Wildman–Crippen LogP) is 4.03. The molecule has 0 aliphatic carbocycles. The van der Waals surface area contributed by atoms with Crippen LogP contribution in [0.1, 0.15) is 42.8 Å². The molecule has 1 aromatic heterocycles. The smallest absolute Gasteiger partial charge is 0.131 e. The van der Waals surface area contributed by atoms with Crippen molar-refractivity contribution in [3.05, 3.63) is 34.6 Å². The molecule has 108 valence electrons. The zero-order chi connectivity index (χ0) is 14.9. The lowest BCUT2D eigenvalue weighted by Crippen LogP contribution is -2.05. The molecule has 0 unspecified atom stereocenters. The summed E-state index contributed by atoms with van der Waals surface area (Å²) < 4.78 is 2.14. The van der Waals surface area contributed by atoms with E-state index in [0.29, 0.717) is 0 Å². The number of anilines is 1. The summed E-state index contributed by atoms with van der Waals surface area (Å²) >= 11 is 0. The van der Waals surface area contributed by atoms with Gasteiger partial charge < -0.3 is 10.3 Å². The Morgan fingerprint density at radius 2 is 1.70 bits per heavy atom. The number of aryl methyl sites for hydroxylation is 4. The molecule has 2 N–H and O–H groups in total. The summed E-state index contributed by atoms with van der Waals surface area (Å²) in [6, 6.07) is 4.40. The molecule has 0 saturated heterocycles.